The van der Waals surface area contributed by atoms with Crippen LogP contribution in [0, 0.1) is 0 Å². The van der Waals surface area contributed by atoms with E-state index < -0.39 is 22.5 Å². The number of alkyl halides is 3. The van der Waals surface area contributed by atoms with E-state index in [0.717, 1.165) is 5.51 Å². The summed E-state index contributed by atoms with van der Waals surface area (Å²) in [5, 5.41) is 0. The SMILES string of the molecule is O=C(c1ccco1)c1scnc1C(F)(F)F. The average molecular weight is 247 g/mol. The van der Waals surface area contributed by atoms with Gasteiger partial charge in [-0.1, -0.05) is 0 Å². The van der Waals surface area contributed by atoms with Gasteiger partial charge in [0.25, 0.3) is 0 Å². The van der Waals surface area contributed by atoms with Gasteiger partial charge < -0.3 is 4.42 Å². The van der Waals surface area contributed by atoms with Gasteiger partial charge in [-0.25, -0.2) is 4.98 Å². The number of thiazole rings is 1. The van der Waals surface area contributed by atoms with Crippen molar-refractivity contribution in [3.8, 4) is 0 Å². The zero-order valence-corrected chi connectivity index (χ0v) is 8.43. The van der Waals surface area contributed by atoms with Crippen molar-refractivity contribution >= 4 is 17.1 Å². The fourth-order valence-electron chi connectivity index (χ4n) is 1.13. The zero-order valence-electron chi connectivity index (χ0n) is 7.62. The van der Waals surface area contributed by atoms with Crippen LogP contribution in [-0.2, 0) is 6.18 Å². The van der Waals surface area contributed by atoms with E-state index in [4.69, 9.17) is 4.42 Å². The molecule has 0 aliphatic heterocycles. The molecule has 0 unspecified atom stereocenters. The molecule has 2 aromatic rings. The molecule has 0 amide bonds. The fourth-order valence-corrected chi connectivity index (χ4v) is 1.88. The Kier molecular flexibility index (Phi) is 2.55. The van der Waals surface area contributed by atoms with Crippen LogP contribution in [0.1, 0.15) is 21.1 Å². The normalized spacial score (nSPS) is 11.7. The van der Waals surface area contributed by atoms with Crippen molar-refractivity contribution in [1.82, 2.24) is 4.98 Å². The highest BCUT2D eigenvalue weighted by atomic mass is 32.1. The Balaban J connectivity index is 2.43. The second-order valence-corrected chi connectivity index (χ2v) is 3.69. The van der Waals surface area contributed by atoms with Gasteiger partial charge in [0.1, 0.15) is 4.88 Å². The summed E-state index contributed by atoms with van der Waals surface area (Å²) < 4.78 is 42.1. The third kappa shape index (κ3) is 1.85. The summed E-state index contributed by atoms with van der Waals surface area (Å²) in [4.78, 5) is 14.3. The van der Waals surface area contributed by atoms with Crippen LogP contribution in [0.15, 0.2) is 28.3 Å². The first kappa shape index (κ1) is 10.9. The molecule has 0 fully saturated rings. The molecule has 0 saturated carbocycles. The molecule has 0 N–H and O–H groups in total. The molecule has 0 atom stereocenters. The van der Waals surface area contributed by atoms with E-state index in [-0.39, 0.29) is 5.76 Å². The quantitative estimate of drug-likeness (QED) is 0.766. The van der Waals surface area contributed by atoms with E-state index >= 15 is 0 Å². The molecule has 84 valence electrons. The lowest BCUT2D eigenvalue weighted by Gasteiger charge is -2.03. The van der Waals surface area contributed by atoms with Crippen LogP contribution in [0.3, 0.4) is 0 Å². The summed E-state index contributed by atoms with van der Waals surface area (Å²) in [5.74, 6) is -0.936. The number of hydrogen-bond donors (Lipinski definition) is 0. The van der Waals surface area contributed by atoms with Crippen LogP contribution in [0.2, 0.25) is 0 Å². The first-order valence-corrected chi connectivity index (χ1v) is 4.97. The first-order valence-electron chi connectivity index (χ1n) is 4.09. The molecule has 2 heterocycles. The van der Waals surface area contributed by atoms with Crippen molar-refractivity contribution in [3.63, 3.8) is 0 Å². The fraction of sp³-hybridized carbons (Fsp3) is 0.111. The lowest BCUT2D eigenvalue weighted by atomic mass is 10.2. The van der Waals surface area contributed by atoms with Gasteiger partial charge in [-0.15, -0.1) is 11.3 Å². The van der Waals surface area contributed by atoms with E-state index in [1.807, 2.05) is 0 Å². The van der Waals surface area contributed by atoms with E-state index in [1.54, 1.807) is 0 Å². The molecule has 2 aromatic heterocycles. The lowest BCUT2D eigenvalue weighted by molar-refractivity contribution is -0.141. The van der Waals surface area contributed by atoms with Gasteiger partial charge in [0.2, 0.25) is 5.78 Å². The van der Waals surface area contributed by atoms with Gasteiger partial charge in [0, 0.05) is 0 Å². The van der Waals surface area contributed by atoms with Crippen molar-refractivity contribution in [2.45, 2.75) is 6.18 Å². The highest BCUT2D eigenvalue weighted by Crippen LogP contribution is 2.33. The summed E-state index contributed by atoms with van der Waals surface area (Å²) in [6.07, 6.45) is -3.40. The summed E-state index contributed by atoms with van der Waals surface area (Å²) in [6.45, 7) is 0. The molecular formula is C9H4F3NO2S. The average Bonchev–Trinajstić information content (AvgIpc) is 2.87. The Morgan fingerprint density at radius 3 is 2.75 bits per heavy atom. The molecule has 0 aliphatic carbocycles. The van der Waals surface area contributed by atoms with Crippen LogP contribution < -0.4 is 0 Å². The predicted molar refractivity (Wildman–Crippen MR) is 49.3 cm³/mol. The molecule has 0 aromatic carbocycles. The number of hydrogen-bond acceptors (Lipinski definition) is 4. The topological polar surface area (TPSA) is 43.1 Å². The number of ketones is 1. The van der Waals surface area contributed by atoms with Crippen molar-refractivity contribution < 1.29 is 22.4 Å². The number of carbonyl (C=O) groups is 1. The molecule has 0 radical (unpaired) electrons. The Morgan fingerprint density at radius 1 is 1.44 bits per heavy atom. The van der Waals surface area contributed by atoms with Crippen LogP contribution in [0.4, 0.5) is 13.2 Å². The Labute approximate surface area is 91.5 Å². The molecule has 0 aliphatic rings. The predicted octanol–water partition coefficient (Wildman–Crippen LogP) is 2.99. The second kappa shape index (κ2) is 3.75. The van der Waals surface area contributed by atoms with Gasteiger partial charge in [0.05, 0.1) is 11.8 Å². The third-order valence-electron chi connectivity index (χ3n) is 1.79. The van der Waals surface area contributed by atoms with Crippen LogP contribution in [0.25, 0.3) is 0 Å². The van der Waals surface area contributed by atoms with Crippen molar-refractivity contribution in [1.29, 1.82) is 0 Å². The monoisotopic (exact) mass is 247 g/mol. The summed E-state index contributed by atoms with van der Waals surface area (Å²) in [6, 6.07) is 2.74. The molecule has 0 spiro atoms. The number of carbonyl (C=O) groups excluding carboxylic acids is 1. The number of furan rings is 1. The van der Waals surface area contributed by atoms with Gasteiger partial charge in [-0.2, -0.15) is 13.2 Å². The molecule has 2 rings (SSSR count). The third-order valence-corrected chi connectivity index (χ3v) is 2.61. The largest absolute Gasteiger partial charge is 0.461 e. The van der Waals surface area contributed by atoms with Crippen molar-refractivity contribution in [3.05, 3.63) is 40.2 Å². The Hall–Kier alpha value is -1.63. The first-order chi connectivity index (χ1) is 7.50. The summed E-state index contributed by atoms with van der Waals surface area (Å²) in [5.41, 5.74) is -0.183. The van der Waals surface area contributed by atoms with E-state index in [9.17, 15) is 18.0 Å². The highest BCUT2D eigenvalue weighted by molar-refractivity contribution is 7.12. The Bertz CT molecular complexity index is 501. The van der Waals surface area contributed by atoms with Gasteiger partial charge in [-0.3, -0.25) is 4.79 Å². The van der Waals surface area contributed by atoms with Crippen LogP contribution in [-0.4, -0.2) is 10.8 Å². The van der Waals surface area contributed by atoms with Gasteiger partial charge >= 0.3 is 6.18 Å². The minimum Gasteiger partial charge on any atom is -0.461 e. The number of halogens is 3. The molecule has 0 bridgehead atoms. The summed E-state index contributed by atoms with van der Waals surface area (Å²) in [7, 11) is 0. The van der Waals surface area contributed by atoms with Crippen LogP contribution >= 0.6 is 11.3 Å². The lowest BCUT2D eigenvalue weighted by Crippen LogP contribution is -2.12. The van der Waals surface area contributed by atoms with Crippen LogP contribution in [0.5, 0.6) is 0 Å². The maximum absolute atomic E-state index is 12.4. The number of rotatable bonds is 2. The number of aromatic nitrogens is 1. The second-order valence-electron chi connectivity index (χ2n) is 2.83. The maximum atomic E-state index is 12.4. The van der Waals surface area contributed by atoms with E-state index in [2.05, 4.69) is 4.98 Å². The molecule has 7 heteroatoms. The minimum absolute atomic E-state index is 0.130. The molecule has 3 nitrogen and oxygen atoms in total. The minimum atomic E-state index is -4.63. The highest BCUT2D eigenvalue weighted by Gasteiger charge is 2.38. The zero-order chi connectivity index (χ0) is 11.8. The van der Waals surface area contributed by atoms with Gasteiger partial charge in [0.15, 0.2) is 11.5 Å². The van der Waals surface area contributed by atoms with E-state index in [1.165, 1.54) is 18.4 Å². The number of nitrogens with zero attached hydrogens (tertiary/aromatic N) is 1. The van der Waals surface area contributed by atoms with E-state index in [0.29, 0.717) is 11.3 Å². The molecule has 16 heavy (non-hydrogen) atoms. The summed E-state index contributed by atoms with van der Waals surface area (Å²) >= 11 is 0.642. The molecule has 0 saturated heterocycles. The van der Waals surface area contributed by atoms with Crippen molar-refractivity contribution in [2.75, 3.05) is 0 Å². The van der Waals surface area contributed by atoms with Crippen molar-refractivity contribution in [2.24, 2.45) is 0 Å². The molecular weight excluding hydrogens is 243 g/mol. The van der Waals surface area contributed by atoms with Gasteiger partial charge in [-0.05, 0) is 12.1 Å². The maximum Gasteiger partial charge on any atom is 0.434 e. The standard InChI is InChI=1S/C9H4F3NO2S/c10-9(11,12)8-7(16-4-13-8)6(14)5-2-1-3-15-5/h1-4H. The Morgan fingerprint density at radius 2 is 2.19 bits per heavy atom. The smallest absolute Gasteiger partial charge is 0.434 e.